The molecule has 0 aliphatic heterocycles. The molecule has 3 N–H and O–H groups in total. The van der Waals surface area contributed by atoms with Crippen LogP contribution in [0.5, 0.6) is 0 Å². The molecule has 0 aliphatic rings. The van der Waals surface area contributed by atoms with Crippen LogP contribution in [-0.2, 0) is 0 Å². The van der Waals surface area contributed by atoms with Crippen molar-refractivity contribution in [3.8, 4) is 0 Å². The summed E-state index contributed by atoms with van der Waals surface area (Å²) in [5.41, 5.74) is 0. The molecule has 0 aromatic heterocycles. The van der Waals surface area contributed by atoms with Gasteiger partial charge in [-0.25, -0.2) is 0 Å². The summed E-state index contributed by atoms with van der Waals surface area (Å²) in [5.74, 6) is 0. The van der Waals surface area contributed by atoms with Crippen molar-refractivity contribution in [3.63, 3.8) is 0 Å². The first-order valence-corrected chi connectivity index (χ1v) is 7.84. The second-order valence-electron chi connectivity index (χ2n) is 5.33. The van der Waals surface area contributed by atoms with Crippen molar-refractivity contribution in [2.45, 2.75) is 59.7 Å². The van der Waals surface area contributed by atoms with Crippen molar-refractivity contribution < 1.29 is 0 Å². The molecule has 0 unspecified atom stereocenters. The fraction of sp³-hybridized carbons (Fsp3) is 1.00. The molecule has 0 saturated carbocycles. The van der Waals surface area contributed by atoms with E-state index >= 15 is 0 Å². The summed E-state index contributed by atoms with van der Waals surface area (Å²) < 4.78 is 2.26. The highest BCUT2D eigenvalue weighted by Gasteiger charge is 2.43. The molecule has 98 valence electrons. The van der Waals surface area contributed by atoms with Gasteiger partial charge in [-0.05, 0) is 41.5 Å². The first-order valence-electron chi connectivity index (χ1n) is 6.10. The SMILES string of the molecule is CC(C)N[P+](NC(C)C)(NC(C)C)N(C)C. The third-order valence-electron chi connectivity index (χ3n) is 1.94. The zero-order valence-corrected chi connectivity index (χ0v) is 13.0. The van der Waals surface area contributed by atoms with E-state index in [0.717, 1.165) is 0 Å². The highest BCUT2D eigenvalue weighted by atomic mass is 31.2. The fourth-order valence-electron chi connectivity index (χ4n) is 1.58. The fourth-order valence-corrected chi connectivity index (χ4v) is 4.74. The summed E-state index contributed by atoms with van der Waals surface area (Å²) in [6.45, 7) is 13.1. The molecule has 0 heterocycles. The molecule has 4 nitrogen and oxygen atoms in total. The number of hydrogen-bond acceptors (Lipinski definition) is 4. The summed E-state index contributed by atoms with van der Waals surface area (Å²) in [5, 5.41) is 11.0. The van der Waals surface area contributed by atoms with E-state index < -0.39 is 7.87 Å². The van der Waals surface area contributed by atoms with E-state index in [1.165, 1.54) is 0 Å². The van der Waals surface area contributed by atoms with E-state index in [9.17, 15) is 0 Å². The Bertz CT molecular complexity index is 166. The largest absolute Gasteiger partial charge is 0.300 e. The second-order valence-corrected chi connectivity index (χ2v) is 8.18. The molecule has 0 bridgehead atoms. The van der Waals surface area contributed by atoms with Gasteiger partial charge in [-0.3, -0.25) is 0 Å². The summed E-state index contributed by atoms with van der Waals surface area (Å²) >= 11 is 0. The first kappa shape index (κ1) is 16.3. The Balaban J connectivity index is 4.88. The van der Waals surface area contributed by atoms with Crippen molar-refractivity contribution in [1.82, 2.24) is 19.9 Å². The van der Waals surface area contributed by atoms with Gasteiger partial charge in [-0.1, -0.05) is 0 Å². The number of hydrogen-bond donors (Lipinski definition) is 3. The number of nitrogens with one attached hydrogen (secondary N) is 3. The Morgan fingerprint density at radius 1 is 0.688 bits per heavy atom. The summed E-state index contributed by atoms with van der Waals surface area (Å²) in [6, 6.07) is 1.36. The van der Waals surface area contributed by atoms with Crippen molar-refractivity contribution in [3.05, 3.63) is 0 Å². The van der Waals surface area contributed by atoms with Crippen LogP contribution in [0, 0.1) is 0 Å². The van der Waals surface area contributed by atoms with E-state index in [2.05, 4.69) is 75.6 Å². The minimum absolute atomic E-state index is 0.452. The topological polar surface area (TPSA) is 39.3 Å². The quantitative estimate of drug-likeness (QED) is 0.605. The van der Waals surface area contributed by atoms with Gasteiger partial charge in [0.05, 0.1) is 0 Å². The molecule has 16 heavy (non-hydrogen) atoms. The average Bonchev–Trinajstić information content (AvgIpc) is 1.98. The van der Waals surface area contributed by atoms with Crippen LogP contribution in [0.4, 0.5) is 0 Å². The van der Waals surface area contributed by atoms with Crippen LogP contribution in [0.2, 0.25) is 0 Å². The smallest absolute Gasteiger partial charge is 0.144 e. The molecule has 0 spiro atoms. The van der Waals surface area contributed by atoms with Crippen molar-refractivity contribution in [2.75, 3.05) is 14.1 Å². The van der Waals surface area contributed by atoms with Gasteiger partial charge >= 0.3 is 7.87 Å². The Hall–Kier alpha value is 0.270. The van der Waals surface area contributed by atoms with Crippen molar-refractivity contribution >= 4 is 7.87 Å². The van der Waals surface area contributed by atoms with Gasteiger partial charge < -0.3 is 0 Å². The van der Waals surface area contributed by atoms with Crippen LogP contribution in [-0.4, -0.2) is 36.9 Å². The van der Waals surface area contributed by atoms with Gasteiger partial charge in [-0.2, -0.15) is 0 Å². The lowest BCUT2D eigenvalue weighted by Gasteiger charge is -2.35. The minimum atomic E-state index is -1.65. The Kier molecular flexibility index (Phi) is 6.99. The van der Waals surface area contributed by atoms with E-state index in [0.29, 0.717) is 18.1 Å². The van der Waals surface area contributed by atoms with Gasteiger partial charge in [0.25, 0.3) is 0 Å². The molecular weight excluding hydrogens is 219 g/mol. The molecule has 0 saturated heterocycles. The van der Waals surface area contributed by atoms with E-state index in [1.807, 2.05) is 0 Å². The number of rotatable bonds is 7. The standard InChI is InChI=1S/C11H30N4P/c1-9(2)12-16(15(7)8,13-10(3)4)14-11(5)6/h9-14H,1-8H3/q+1. The van der Waals surface area contributed by atoms with Gasteiger partial charge in [0.2, 0.25) is 0 Å². The highest BCUT2D eigenvalue weighted by Crippen LogP contribution is 2.49. The van der Waals surface area contributed by atoms with Gasteiger partial charge in [0, 0.05) is 32.2 Å². The zero-order valence-electron chi connectivity index (χ0n) is 12.1. The molecule has 0 aliphatic carbocycles. The van der Waals surface area contributed by atoms with Crippen LogP contribution in [0.1, 0.15) is 41.5 Å². The van der Waals surface area contributed by atoms with Crippen molar-refractivity contribution in [2.24, 2.45) is 0 Å². The lowest BCUT2D eigenvalue weighted by Crippen LogP contribution is -2.50. The van der Waals surface area contributed by atoms with Crippen LogP contribution >= 0.6 is 7.87 Å². The minimum Gasteiger partial charge on any atom is -0.144 e. The molecule has 0 radical (unpaired) electrons. The molecule has 0 amide bonds. The van der Waals surface area contributed by atoms with Gasteiger partial charge in [0.1, 0.15) is 0 Å². The summed E-state index contributed by atoms with van der Waals surface area (Å²) in [4.78, 5) is 0. The van der Waals surface area contributed by atoms with E-state index in [4.69, 9.17) is 0 Å². The lowest BCUT2D eigenvalue weighted by atomic mass is 10.4. The molecule has 0 atom stereocenters. The van der Waals surface area contributed by atoms with Crippen molar-refractivity contribution in [1.29, 1.82) is 0 Å². The predicted octanol–water partition coefficient (Wildman–Crippen LogP) is 2.22. The third-order valence-corrected chi connectivity index (χ3v) is 5.81. The molecule has 0 aromatic carbocycles. The molecule has 0 rings (SSSR count). The normalized spacial score (nSPS) is 13.5. The predicted molar refractivity (Wildman–Crippen MR) is 75.4 cm³/mol. The third kappa shape index (κ3) is 5.55. The van der Waals surface area contributed by atoms with Crippen LogP contribution < -0.4 is 15.3 Å². The maximum atomic E-state index is 3.67. The van der Waals surface area contributed by atoms with E-state index in [-0.39, 0.29) is 0 Å². The van der Waals surface area contributed by atoms with Crippen LogP contribution in [0.15, 0.2) is 0 Å². The maximum absolute atomic E-state index is 3.67. The van der Waals surface area contributed by atoms with Gasteiger partial charge in [0.15, 0.2) is 0 Å². The lowest BCUT2D eigenvalue weighted by molar-refractivity contribution is 0.542. The number of nitrogens with zero attached hydrogens (tertiary/aromatic N) is 1. The Morgan fingerprint density at radius 2 is 0.938 bits per heavy atom. The van der Waals surface area contributed by atoms with Crippen LogP contribution in [0.3, 0.4) is 0 Å². The Labute approximate surface area is 102 Å². The average molecular weight is 249 g/mol. The second kappa shape index (κ2) is 6.87. The summed E-state index contributed by atoms with van der Waals surface area (Å²) in [7, 11) is 2.58. The highest BCUT2D eigenvalue weighted by molar-refractivity contribution is 7.67. The molecule has 0 fully saturated rings. The molecule has 0 aromatic rings. The Morgan fingerprint density at radius 3 is 1.06 bits per heavy atom. The van der Waals surface area contributed by atoms with Crippen LogP contribution in [0.25, 0.3) is 0 Å². The van der Waals surface area contributed by atoms with E-state index in [1.54, 1.807) is 0 Å². The first-order chi connectivity index (χ1) is 7.19. The molecular formula is C11H30N4P+. The molecule has 5 heteroatoms. The monoisotopic (exact) mass is 249 g/mol. The van der Waals surface area contributed by atoms with Gasteiger partial charge in [-0.15, -0.1) is 19.9 Å². The summed E-state index contributed by atoms with van der Waals surface area (Å²) in [6.07, 6.45) is 0. The maximum Gasteiger partial charge on any atom is 0.300 e. The zero-order chi connectivity index (χ0) is 12.9.